The molecule has 0 radical (unpaired) electrons. The van der Waals surface area contributed by atoms with Crippen LogP contribution in [-0.4, -0.2) is 41.2 Å². The van der Waals surface area contributed by atoms with Crippen LogP contribution in [0.2, 0.25) is 0 Å². The molecule has 0 saturated carbocycles. The summed E-state index contributed by atoms with van der Waals surface area (Å²) in [6.45, 7) is 5.25. The molecule has 0 spiro atoms. The molecule has 19 heavy (non-hydrogen) atoms. The molecule has 1 aromatic rings. The van der Waals surface area contributed by atoms with Gasteiger partial charge in [-0.2, -0.15) is 0 Å². The molecule has 0 aromatic carbocycles. The van der Waals surface area contributed by atoms with Gasteiger partial charge in [0, 0.05) is 6.54 Å². The fraction of sp³-hybridized carbons (Fsp3) is 0.667. The van der Waals surface area contributed by atoms with Crippen LogP contribution in [0.15, 0.2) is 0 Å². The predicted octanol–water partition coefficient (Wildman–Crippen LogP) is 0.888. The molecule has 1 amide bonds. The second-order valence-electron chi connectivity index (χ2n) is 4.50. The second kappa shape index (κ2) is 7.19. The number of halogens is 1. The second-order valence-corrected chi connectivity index (χ2v) is 5.71. The van der Waals surface area contributed by atoms with Crippen LogP contribution in [-0.2, 0) is 6.42 Å². The molecule has 1 fully saturated rings. The molecule has 2 atom stereocenters. The van der Waals surface area contributed by atoms with E-state index in [2.05, 4.69) is 15.6 Å². The van der Waals surface area contributed by atoms with E-state index in [1.165, 1.54) is 11.3 Å². The molecule has 7 heteroatoms. The maximum absolute atomic E-state index is 12.2. The highest BCUT2D eigenvalue weighted by molar-refractivity contribution is 7.13. The zero-order valence-corrected chi connectivity index (χ0v) is 12.7. The van der Waals surface area contributed by atoms with Crippen molar-refractivity contribution >= 4 is 29.7 Å². The summed E-state index contributed by atoms with van der Waals surface area (Å²) >= 11 is 1.42. The van der Waals surface area contributed by atoms with Crippen molar-refractivity contribution in [1.29, 1.82) is 0 Å². The fourth-order valence-corrected chi connectivity index (χ4v) is 3.04. The number of aromatic nitrogens is 1. The number of carbonyl (C=O) groups is 1. The smallest absolute Gasteiger partial charge is 0.263 e. The quantitative estimate of drug-likeness (QED) is 0.775. The minimum Gasteiger partial charge on any atom is -0.390 e. The van der Waals surface area contributed by atoms with Gasteiger partial charge in [0.2, 0.25) is 0 Å². The average Bonchev–Trinajstić information content (AvgIpc) is 2.73. The van der Waals surface area contributed by atoms with E-state index in [9.17, 15) is 9.90 Å². The highest BCUT2D eigenvalue weighted by atomic mass is 35.5. The lowest BCUT2D eigenvalue weighted by Gasteiger charge is -2.28. The van der Waals surface area contributed by atoms with Crippen LogP contribution in [0.25, 0.3) is 0 Å². The van der Waals surface area contributed by atoms with Crippen LogP contribution >= 0.6 is 23.7 Å². The monoisotopic (exact) mass is 305 g/mol. The topological polar surface area (TPSA) is 74.2 Å². The summed E-state index contributed by atoms with van der Waals surface area (Å²) in [4.78, 5) is 17.2. The van der Waals surface area contributed by atoms with E-state index >= 15 is 0 Å². The summed E-state index contributed by atoms with van der Waals surface area (Å²) in [6.07, 6.45) is 0.996. The van der Waals surface area contributed by atoms with E-state index in [1.54, 1.807) is 0 Å². The molecule has 1 aliphatic heterocycles. The van der Waals surface area contributed by atoms with Crippen molar-refractivity contribution in [2.45, 2.75) is 38.8 Å². The summed E-state index contributed by atoms with van der Waals surface area (Å²) in [5, 5.41) is 16.7. The first-order chi connectivity index (χ1) is 8.61. The van der Waals surface area contributed by atoms with Crippen molar-refractivity contribution in [3.63, 3.8) is 0 Å². The third-order valence-electron chi connectivity index (χ3n) is 3.11. The van der Waals surface area contributed by atoms with Crippen LogP contribution in [0.1, 0.15) is 33.7 Å². The van der Waals surface area contributed by atoms with Crippen molar-refractivity contribution in [1.82, 2.24) is 15.6 Å². The Balaban J connectivity index is 0.00000180. The molecular formula is C12H20ClN3O2S. The zero-order valence-electron chi connectivity index (χ0n) is 11.1. The van der Waals surface area contributed by atoms with Crippen LogP contribution < -0.4 is 10.6 Å². The van der Waals surface area contributed by atoms with E-state index < -0.39 is 6.10 Å². The number of hydrogen-bond acceptors (Lipinski definition) is 5. The molecule has 0 aliphatic carbocycles. The highest BCUT2D eigenvalue weighted by Crippen LogP contribution is 2.19. The van der Waals surface area contributed by atoms with Gasteiger partial charge in [-0.15, -0.1) is 23.7 Å². The molecular weight excluding hydrogens is 286 g/mol. The number of thiazole rings is 1. The van der Waals surface area contributed by atoms with Crippen LogP contribution in [0.3, 0.4) is 0 Å². The Morgan fingerprint density at radius 2 is 2.37 bits per heavy atom. The van der Waals surface area contributed by atoms with Crippen molar-refractivity contribution in [3.8, 4) is 0 Å². The molecule has 1 aromatic heterocycles. The molecule has 2 rings (SSSR count). The van der Waals surface area contributed by atoms with Gasteiger partial charge in [-0.05, 0) is 26.3 Å². The summed E-state index contributed by atoms with van der Waals surface area (Å²) in [5.41, 5.74) is 0.846. The maximum Gasteiger partial charge on any atom is 0.263 e. The van der Waals surface area contributed by atoms with E-state index in [0.717, 1.165) is 30.1 Å². The van der Waals surface area contributed by atoms with E-state index in [-0.39, 0.29) is 24.4 Å². The first-order valence-corrected chi connectivity index (χ1v) is 7.09. The largest absolute Gasteiger partial charge is 0.390 e. The Bertz CT molecular complexity index is 439. The lowest BCUT2D eigenvalue weighted by atomic mass is 10.0. The third kappa shape index (κ3) is 3.89. The van der Waals surface area contributed by atoms with Crippen molar-refractivity contribution in [3.05, 3.63) is 15.6 Å². The van der Waals surface area contributed by atoms with Gasteiger partial charge in [0.25, 0.3) is 5.91 Å². The number of nitrogens with zero attached hydrogens (tertiary/aromatic N) is 1. The fourth-order valence-electron chi connectivity index (χ4n) is 2.13. The minimum absolute atomic E-state index is 0. The summed E-state index contributed by atoms with van der Waals surface area (Å²) in [6, 6.07) is -0.161. The molecule has 1 aliphatic rings. The highest BCUT2D eigenvalue weighted by Gasteiger charge is 2.26. The number of piperidine rings is 1. The predicted molar refractivity (Wildman–Crippen MR) is 78.2 cm³/mol. The summed E-state index contributed by atoms with van der Waals surface area (Å²) in [7, 11) is 0. The van der Waals surface area contributed by atoms with Gasteiger partial charge >= 0.3 is 0 Å². The van der Waals surface area contributed by atoms with Crippen LogP contribution in [0, 0.1) is 6.92 Å². The summed E-state index contributed by atoms with van der Waals surface area (Å²) < 4.78 is 0. The first-order valence-electron chi connectivity index (χ1n) is 6.27. The third-order valence-corrected chi connectivity index (χ3v) is 4.12. The summed E-state index contributed by atoms with van der Waals surface area (Å²) in [5.74, 6) is -0.108. The van der Waals surface area contributed by atoms with Gasteiger partial charge in [0.1, 0.15) is 4.88 Å². The number of hydrogen-bond donors (Lipinski definition) is 3. The number of nitrogens with one attached hydrogen (secondary N) is 2. The van der Waals surface area contributed by atoms with Crippen molar-refractivity contribution in [2.75, 3.05) is 13.1 Å². The van der Waals surface area contributed by atoms with Gasteiger partial charge in [-0.1, -0.05) is 6.92 Å². The molecule has 0 bridgehead atoms. The first kappa shape index (κ1) is 16.4. The number of aliphatic hydroxyl groups excluding tert-OH is 1. The molecule has 3 N–H and O–H groups in total. The SMILES string of the molecule is CCc1nc(C)sc1C(=O)N[C@@H]1CCNC[C@H]1O.Cl. The molecule has 2 heterocycles. The number of β-amino-alcohol motifs (C(OH)–C–C–N with tert-alkyl or cyclic N) is 1. The number of aryl methyl sites for hydroxylation is 2. The van der Waals surface area contributed by atoms with Gasteiger partial charge in [0.15, 0.2) is 0 Å². The Hall–Kier alpha value is -0.690. The number of carbonyl (C=O) groups excluding carboxylic acids is 1. The lowest BCUT2D eigenvalue weighted by Crippen LogP contribution is -2.52. The lowest BCUT2D eigenvalue weighted by molar-refractivity contribution is 0.0767. The Morgan fingerprint density at radius 3 is 3.00 bits per heavy atom. The Morgan fingerprint density at radius 1 is 1.63 bits per heavy atom. The van der Waals surface area contributed by atoms with Gasteiger partial charge in [-0.25, -0.2) is 4.98 Å². The Labute approximate surface area is 123 Å². The van der Waals surface area contributed by atoms with Gasteiger partial charge < -0.3 is 15.7 Å². The van der Waals surface area contributed by atoms with Gasteiger partial charge in [0.05, 0.1) is 22.8 Å². The minimum atomic E-state index is -0.512. The van der Waals surface area contributed by atoms with Gasteiger partial charge in [-0.3, -0.25) is 4.79 Å². The maximum atomic E-state index is 12.2. The van der Waals surface area contributed by atoms with E-state index in [1.807, 2.05) is 13.8 Å². The molecule has 1 saturated heterocycles. The molecule has 5 nitrogen and oxygen atoms in total. The van der Waals surface area contributed by atoms with Crippen LogP contribution in [0.5, 0.6) is 0 Å². The van der Waals surface area contributed by atoms with Crippen LogP contribution in [0.4, 0.5) is 0 Å². The Kier molecular flexibility index (Phi) is 6.19. The van der Waals surface area contributed by atoms with E-state index in [0.29, 0.717) is 11.4 Å². The van der Waals surface area contributed by atoms with Crippen molar-refractivity contribution < 1.29 is 9.90 Å². The van der Waals surface area contributed by atoms with Crippen molar-refractivity contribution in [2.24, 2.45) is 0 Å². The normalized spacial score (nSPS) is 22.7. The molecule has 108 valence electrons. The van der Waals surface area contributed by atoms with E-state index in [4.69, 9.17) is 0 Å². The average molecular weight is 306 g/mol. The number of amides is 1. The standard InChI is InChI=1S/C12H19N3O2S.ClH/c1-3-8-11(18-7(2)14-8)12(17)15-9-4-5-13-6-10(9)16;/h9-10,13,16H,3-6H2,1-2H3,(H,15,17);1H/t9-,10-;/m1./s1. The number of rotatable bonds is 3. The zero-order chi connectivity index (χ0) is 13.1. The number of aliphatic hydroxyl groups is 1. The molecule has 0 unspecified atom stereocenters.